The average molecular weight is 519 g/mol. The molecule has 1 aliphatic carbocycles. The van der Waals surface area contributed by atoms with Crippen molar-refractivity contribution in [3.05, 3.63) is 53.1 Å². The zero-order valence-corrected chi connectivity index (χ0v) is 21.2. The summed E-state index contributed by atoms with van der Waals surface area (Å²) in [5.74, 6) is -0.381. The van der Waals surface area contributed by atoms with Crippen molar-refractivity contribution < 1.29 is 28.2 Å². The van der Waals surface area contributed by atoms with Gasteiger partial charge in [-0.15, -0.1) is 0 Å². The molecule has 1 unspecified atom stereocenters. The first kappa shape index (κ1) is 25.7. The highest BCUT2D eigenvalue weighted by Gasteiger charge is 2.28. The van der Waals surface area contributed by atoms with E-state index in [4.69, 9.17) is 4.74 Å². The van der Waals surface area contributed by atoms with Crippen LogP contribution in [0.4, 0.5) is 5.13 Å². The number of benzene rings is 2. The number of rotatable bonds is 9. The first-order valence-corrected chi connectivity index (χ1v) is 14.2. The molecule has 1 saturated carbocycles. The minimum absolute atomic E-state index is 0.00241. The standard InChI is InChI=1S/C25H30N2O6S2/c1-2-35(31,32)20-10-8-16(9-11-20)23(33-19-6-4-3-5-7-19)24(30)27-25-26-21-12-17(14-28)18(15-29)13-22(21)34-25/h8-13,19,23,28-29H,2-7,14-15H2,1H3,(H,26,27,30). The maximum atomic E-state index is 13.4. The van der Waals surface area contributed by atoms with Gasteiger partial charge in [-0.3, -0.25) is 10.1 Å². The molecular weight excluding hydrogens is 488 g/mol. The van der Waals surface area contributed by atoms with Gasteiger partial charge in [0.05, 0.1) is 40.2 Å². The number of thiazole rings is 1. The van der Waals surface area contributed by atoms with Crippen molar-refractivity contribution in [1.29, 1.82) is 0 Å². The number of sulfone groups is 1. The van der Waals surface area contributed by atoms with Gasteiger partial charge in [-0.05, 0) is 53.8 Å². The predicted molar refractivity (Wildman–Crippen MR) is 135 cm³/mol. The number of fused-ring (bicyclic) bond motifs is 1. The molecule has 1 aliphatic rings. The molecule has 0 spiro atoms. The van der Waals surface area contributed by atoms with E-state index < -0.39 is 15.9 Å². The van der Waals surface area contributed by atoms with Crippen LogP contribution in [0.15, 0.2) is 41.3 Å². The topological polar surface area (TPSA) is 126 Å². The number of amides is 1. The number of hydrogen-bond acceptors (Lipinski definition) is 8. The fourth-order valence-electron chi connectivity index (χ4n) is 4.28. The molecule has 0 saturated heterocycles. The Kier molecular flexibility index (Phi) is 8.18. The highest BCUT2D eigenvalue weighted by molar-refractivity contribution is 7.91. The summed E-state index contributed by atoms with van der Waals surface area (Å²) in [7, 11) is -3.35. The van der Waals surface area contributed by atoms with E-state index in [1.807, 2.05) is 0 Å². The van der Waals surface area contributed by atoms with Crippen molar-refractivity contribution in [3.63, 3.8) is 0 Å². The van der Waals surface area contributed by atoms with Crippen LogP contribution in [0.5, 0.6) is 0 Å². The Morgan fingerprint density at radius 2 is 1.77 bits per heavy atom. The van der Waals surface area contributed by atoms with Gasteiger partial charge in [-0.25, -0.2) is 13.4 Å². The second kappa shape index (κ2) is 11.1. The van der Waals surface area contributed by atoms with Gasteiger partial charge in [0.2, 0.25) is 0 Å². The quantitative estimate of drug-likeness (QED) is 0.389. The van der Waals surface area contributed by atoms with E-state index in [9.17, 15) is 23.4 Å². The van der Waals surface area contributed by atoms with E-state index in [0.29, 0.717) is 27.3 Å². The molecule has 188 valence electrons. The van der Waals surface area contributed by atoms with E-state index in [2.05, 4.69) is 10.3 Å². The molecule has 3 aromatic rings. The van der Waals surface area contributed by atoms with Crippen molar-refractivity contribution >= 4 is 42.4 Å². The molecule has 1 aromatic heterocycles. The third-order valence-corrected chi connectivity index (χ3v) is 9.01. The zero-order valence-electron chi connectivity index (χ0n) is 19.6. The predicted octanol–water partition coefficient (Wildman–Crippen LogP) is 4.10. The first-order chi connectivity index (χ1) is 16.8. The largest absolute Gasteiger partial charge is 0.392 e. The maximum absolute atomic E-state index is 13.4. The van der Waals surface area contributed by atoms with E-state index in [1.54, 1.807) is 31.2 Å². The molecule has 1 amide bonds. The summed E-state index contributed by atoms with van der Waals surface area (Å²) < 4.78 is 31.4. The molecule has 1 atom stereocenters. The summed E-state index contributed by atoms with van der Waals surface area (Å²) in [5, 5.41) is 22.3. The van der Waals surface area contributed by atoms with Crippen LogP contribution in [0.3, 0.4) is 0 Å². The minimum Gasteiger partial charge on any atom is -0.392 e. The average Bonchev–Trinajstić information content (AvgIpc) is 3.27. The lowest BCUT2D eigenvalue weighted by Crippen LogP contribution is -2.28. The first-order valence-electron chi connectivity index (χ1n) is 11.8. The molecule has 0 bridgehead atoms. The second-order valence-electron chi connectivity index (χ2n) is 8.66. The van der Waals surface area contributed by atoms with Gasteiger partial charge in [-0.1, -0.05) is 49.7 Å². The molecule has 0 radical (unpaired) electrons. The molecule has 1 heterocycles. The molecule has 1 fully saturated rings. The smallest absolute Gasteiger partial charge is 0.259 e. The van der Waals surface area contributed by atoms with Crippen LogP contribution < -0.4 is 5.32 Å². The number of aliphatic hydroxyl groups excluding tert-OH is 2. The Hall–Kier alpha value is -2.37. The van der Waals surface area contributed by atoms with Crippen LogP contribution in [0.25, 0.3) is 10.2 Å². The van der Waals surface area contributed by atoms with Crippen LogP contribution in [-0.4, -0.2) is 41.4 Å². The van der Waals surface area contributed by atoms with Gasteiger partial charge < -0.3 is 14.9 Å². The normalized spacial score (nSPS) is 15.9. The number of aromatic nitrogens is 1. The zero-order chi connectivity index (χ0) is 25.0. The van der Waals surface area contributed by atoms with E-state index >= 15 is 0 Å². The van der Waals surface area contributed by atoms with Gasteiger partial charge in [0.15, 0.2) is 21.1 Å². The Balaban J connectivity index is 1.60. The number of ether oxygens (including phenoxy) is 1. The van der Waals surface area contributed by atoms with Crippen molar-refractivity contribution in [2.24, 2.45) is 0 Å². The van der Waals surface area contributed by atoms with Crippen LogP contribution in [0, 0.1) is 0 Å². The maximum Gasteiger partial charge on any atom is 0.259 e. The monoisotopic (exact) mass is 518 g/mol. The van der Waals surface area contributed by atoms with Crippen LogP contribution >= 0.6 is 11.3 Å². The van der Waals surface area contributed by atoms with Crippen molar-refractivity contribution in [2.45, 2.75) is 69.3 Å². The summed E-state index contributed by atoms with van der Waals surface area (Å²) >= 11 is 1.27. The molecular formula is C25H30N2O6S2. The molecule has 0 aliphatic heterocycles. The van der Waals surface area contributed by atoms with E-state index in [0.717, 1.165) is 36.8 Å². The minimum atomic E-state index is -3.35. The lowest BCUT2D eigenvalue weighted by Gasteiger charge is -2.27. The van der Waals surface area contributed by atoms with Crippen LogP contribution in [-0.2, 0) is 32.6 Å². The Labute approximate surface area is 208 Å². The van der Waals surface area contributed by atoms with Crippen molar-refractivity contribution in [2.75, 3.05) is 11.1 Å². The fourth-order valence-corrected chi connectivity index (χ4v) is 6.08. The number of nitrogens with one attached hydrogen (secondary N) is 1. The SMILES string of the molecule is CCS(=O)(=O)c1ccc(C(OC2CCCCC2)C(=O)Nc2nc3cc(CO)c(CO)cc3s2)cc1. The summed E-state index contributed by atoms with van der Waals surface area (Å²) in [6.07, 6.45) is 4.04. The number of carbonyl (C=O) groups excluding carboxylic acids is 1. The molecule has 8 nitrogen and oxygen atoms in total. The lowest BCUT2D eigenvalue weighted by molar-refractivity contribution is -0.133. The van der Waals surface area contributed by atoms with Crippen molar-refractivity contribution in [3.8, 4) is 0 Å². The molecule has 3 N–H and O–H groups in total. The number of carbonyl (C=O) groups is 1. The number of aliphatic hydroxyl groups is 2. The van der Waals surface area contributed by atoms with Gasteiger partial charge in [0, 0.05) is 0 Å². The summed E-state index contributed by atoms with van der Waals surface area (Å²) in [6, 6.07) is 9.77. The van der Waals surface area contributed by atoms with Crippen LogP contribution in [0.1, 0.15) is 61.8 Å². The van der Waals surface area contributed by atoms with E-state index in [-0.39, 0.29) is 35.9 Å². The lowest BCUT2D eigenvalue weighted by atomic mass is 9.97. The Morgan fingerprint density at radius 1 is 1.11 bits per heavy atom. The third-order valence-electron chi connectivity index (χ3n) is 6.32. The summed E-state index contributed by atoms with van der Waals surface area (Å²) in [6.45, 7) is 1.18. The van der Waals surface area contributed by atoms with E-state index in [1.165, 1.54) is 23.5 Å². The van der Waals surface area contributed by atoms with Gasteiger partial charge in [0.25, 0.3) is 5.91 Å². The molecule has 35 heavy (non-hydrogen) atoms. The number of anilines is 1. The Bertz CT molecular complexity index is 1240. The third kappa shape index (κ3) is 5.90. The molecule has 10 heteroatoms. The fraction of sp³-hybridized carbons (Fsp3) is 0.440. The van der Waals surface area contributed by atoms with Gasteiger partial charge in [0.1, 0.15) is 0 Å². The highest BCUT2D eigenvalue weighted by Crippen LogP contribution is 2.32. The second-order valence-corrected chi connectivity index (χ2v) is 12.0. The summed E-state index contributed by atoms with van der Waals surface area (Å²) in [4.78, 5) is 18.1. The number of nitrogens with zero attached hydrogens (tertiary/aromatic N) is 1. The number of hydrogen-bond donors (Lipinski definition) is 3. The van der Waals surface area contributed by atoms with Gasteiger partial charge >= 0.3 is 0 Å². The Morgan fingerprint density at radius 3 is 2.40 bits per heavy atom. The van der Waals surface area contributed by atoms with Crippen molar-refractivity contribution in [1.82, 2.24) is 4.98 Å². The van der Waals surface area contributed by atoms with Gasteiger partial charge in [-0.2, -0.15) is 0 Å². The molecule has 4 rings (SSSR count). The molecule has 2 aromatic carbocycles. The highest BCUT2D eigenvalue weighted by atomic mass is 32.2. The van der Waals surface area contributed by atoms with Crippen LogP contribution in [0.2, 0.25) is 0 Å². The summed E-state index contributed by atoms with van der Waals surface area (Å²) in [5.41, 5.74) is 2.39.